The van der Waals surface area contributed by atoms with Gasteiger partial charge in [0.05, 0.1) is 18.2 Å². The first kappa shape index (κ1) is 17.9. The molecule has 124 valence electrons. The van der Waals surface area contributed by atoms with E-state index in [1.165, 1.54) is 0 Å². The van der Waals surface area contributed by atoms with Crippen LogP contribution in [-0.2, 0) is 9.53 Å². The fourth-order valence-electron chi connectivity index (χ4n) is 3.12. The van der Waals surface area contributed by atoms with Gasteiger partial charge in [0, 0.05) is 11.6 Å². The third kappa shape index (κ3) is 2.98. The van der Waals surface area contributed by atoms with E-state index < -0.39 is 17.3 Å². The van der Waals surface area contributed by atoms with Crippen molar-refractivity contribution >= 4 is 23.2 Å². The largest absolute Gasteiger partial charge is 0.463 e. The van der Waals surface area contributed by atoms with Gasteiger partial charge in [-0.2, -0.15) is 5.26 Å². The number of benzene rings is 1. The first-order chi connectivity index (χ1) is 11.5. The second-order valence-electron chi connectivity index (χ2n) is 5.63. The second kappa shape index (κ2) is 7.41. The topological polar surface area (TPSA) is 62.1 Å². The molecule has 0 amide bonds. The molecule has 2 atom stereocenters. The van der Waals surface area contributed by atoms with Gasteiger partial charge in [-0.1, -0.05) is 48.6 Å². The minimum absolute atomic E-state index is 0.266. The van der Waals surface area contributed by atoms with Gasteiger partial charge in [0.1, 0.15) is 10.4 Å². The van der Waals surface area contributed by atoms with Gasteiger partial charge < -0.3 is 10.1 Å². The molecule has 0 unspecified atom stereocenters. The van der Waals surface area contributed by atoms with Gasteiger partial charge in [0.2, 0.25) is 0 Å². The van der Waals surface area contributed by atoms with Crippen molar-refractivity contribution in [2.45, 2.75) is 26.2 Å². The van der Waals surface area contributed by atoms with E-state index in [9.17, 15) is 10.1 Å². The van der Waals surface area contributed by atoms with Gasteiger partial charge >= 0.3 is 5.97 Å². The predicted molar refractivity (Wildman–Crippen MR) is 97.1 cm³/mol. The number of carbonyl (C=O) groups is 1. The number of nitrogens with zero attached hydrogens (tertiary/aromatic N) is 1. The molecule has 5 heteroatoms. The van der Waals surface area contributed by atoms with Gasteiger partial charge in [-0.05, 0) is 25.8 Å². The lowest BCUT2D eigenvalue weighted by Crippen LogP contribution is -2.48. The number of rotatable bonds is 5. The number of allylic oxidation sites excluding steroid dienone is 2. The summed E-state index contributed by atoms with van der Waals surface area (Å²) in [6.45, 7) is 7.57. The van der Waals surface area contributed by atoms with Gasteiger partial charge in [-0.3, -0.25) is 0 Å². The lowest BCUT2D eigenvalue weighted by molar-refractivity contribution is -0.139. The summed E-state index contributed by atoms with van der Waals surface area (Å²) < 4.78 is 5.24. The summed E-state index contributed by atoms with van der Waals surface area (Å²) in [5.41, 5.74) is 0.856. The summed E-state index contributed by atoms with van der Waals surface area (Å²) in [6.07, 6.45) is 2.00. The van der Waals surface area contributed by atoms with E-state index in [1.807, 2.05) is 30.3 Å². The highest BCUT2D eigenvalue weighted by atomic mass is 32.1. The molecular formula is C19H20N2O2S. The Kier molecular flexibility index (Phi) is 5.53. The van der Waals surface area contributed by atoms with Crippen LogP contribution in [0.15, 0.2) is 54.3 Å². The van der Waals surface area contributed by atoms with Crippen LogP contribution in [0.25, 0.3) is 0 Å². The Labute approximate surface area is 147 Å². The highest BCUT2D eigenvalue weighted by Gasteiger charge is 2.50. The Bertz CT molecular complexity index is 733. The SMILES string of the molecule is C=CC[C@]1(C#N)C(=S)NC(C)=C(C(=O)OCC)[C@@H]1c1ccccc1. The summed E-state index contributed by atoms with van der Waals surface area (Å²) in [4.78, 5) is 13.0. The molecule has 0 spiro atoms. The Balaban J connectivity index is 2.73. The maximum atomic E-state index is 12.6. The van der Waals surface area contributed by atoms with Crippen molar-refractivity contribution in [3.8, 4) is 6.07 Å². The van der Waals surface area contributed by atoms with E-state index in [2.05, 4.69) is 18.0 Å². The Morgan fingerprint density at radius 1 is 1.50 bits per heavy atom. The number of hydrogen-bond donors (Lipinski definition) is 1. The van der Waals surface area contributed by atoms with E-state index in [-0.39, 0.29) is 6.61 Å². The van der Waals surface area contributed by atoms with Gasteiger partial charge in [-0.15, -0.1) is 6.58 Å². The zero-order valence-corrected chi connectivity index (χ0v) is 14.7. The van der Waals surface area contributed by atoms with Crippen molar-refractivity contribution in [3.05, 3.63) is 59.8 Å². The van der Waals surface area contributed by atoms with Crippen LogP contribution in [0, 0.1) is 16.7 Å². The predicted octanol–water partition coefficient (Wildman–Crippen LogP) is 3.62. The van der Waals surface area contributed by atoms with Crippen molar-refractivity contribution in [1.82, 2.24) is 5.32 Å². The fourth-order valence-corrected chi connectivity index (χ4v) is 3.52. The van der Waals surface area contributed by atoms with Crippen molar-refractivity contribution < 1.29 is 9.53 Å². The maximum Gasteiger partial charge on any atom is 0.336 e. The van der Waals surface area contributed by atoms with Crippen LogP contribution in [0.3, 0.4) is 0 Å². The molecule has 1 aliphatic heterocycles. The average Bonchev–Trinajstić information content (AvgIpc) is 2.58. The van der Waals surface area contributed by atoms with Crippen LogP contribution < -0.4 is 5.32 Å². The summed E-state index contributed by atoms with van der Waals surface area (Å²) >= 11 is 5.49. The van der Waals surface area contributed by atoms with Crippen molar-refractivity contribution in [1.29, 1.82) is 5.26 Å². The van der Waals surface area contributed by atoms with E-state index in [0.717, 1.165) is 5.56 Å². The number of nitrogens with one attached hydrogen (secondary N) is 1. The Hall–Kier alpha value is -2.45. The van der Waals surface area contributed by atoms with E-state index in [1.54, 1.807) is 19.9 Å². The number of nitriles is 1. The summed E-state index contributed by atoms with van der Waals surface area (Å²) in [5.74, 6) is -0.933. The van der Waals surface area contributed by atoms with Gasteiger partial charge in [0.15, 0.2) is 0 Å². The molecule has 2 rings (SSSR count). The third-order valence-electron chi connectivity index (χ3n) is 4.19. The maximum absolute atomic E-state index is 12.6. The van der Waals surface area contributed by atoms with Crippen LogP contribution in [-0.4, -0.2) is 17.6 Å². The molecule has 1 heterocycles. The number of hydrogen-bond acceptors (Lipinski definition) is 4. The Morgan fingerprint density at radius 3 is 2.71 bits per heavy atom. The summed E-state index contributed by atoms with van der Waals surface area (Å²) in [6, 6.07) is 11.8. The zero-order valence-electron chi connectivity index (χ0n) is 13.8. The fraction of sp³-hybridized carbons (Fsp3) is 0.316. The minimum atomic E-state index is -1.07. The first-order valence-electron chi connectivity index (χ1n) is 7.78. The zero-order chi connectivity index (χ0) is 17.7. The lowest BCUT2D eigenvalue weighted by atomic mass is 9.65. The summed E-state index contributed by atoms with van der Waals surface area (Å²) in [7, 11) is 0. The molecule has 1 aliphatic rings. The van der Waals surface area contributed by atoms with Gasteiger partial charge in [0.25, 0.3) is 0 Å². The molecule has 1 aromatic carbocycles. The smallest absolute Gasteiger partial charge is 0.336 e. The third-order valence-corrected chi connectivity index (χ3v) is 4.65. The number of esters is 1. The highest BCUT2D eigenvalue weighted by Crippen LogP contribution is 2.48. The van der Waals surface area contributed by atoms with E-state index >= 15 is 0 Å². The number of ether oxygens (including phenoxy) is 1. The molecule has 0 fully saturated rings. The Morgan fingerprint density at radius 2 is 2.17 bits per heavy atom. The molecule has 0 radical (unpaired) electrons. The minimum Gasteiger partial charge on any atom is -0.463 e. The van der Waals surface area contributed by atoms with E-state index in [4.69, 9.17) is 17.0 Å². The molecule has 0 aromatic heterocycles. The summed E-state index contributed by atoms with van der Waals surface area (Å²) in [5, 5.41) is 13.0. The molecule has 0 bridgehead atoms. The van der Waals surface area contributed by atoms with Crippen LogP contribution in [0.5, 0.6) is 0 Å². The molecule has 0 saturated carbocycles. The highest BCUT2D eigenvalue weighted by molar-refractivity contribution is 7.80. The monoisotopic (exact) mass is 340 g/mol. The van der Waals surface area contributed by atoms with Crippen LogP contribution >= 0.6 is 12.2 Å². The lowest BCUT2D eigenvalue weighted by Gasteiger charge is -2.41. The normalized spacial score (nSPS) is 23.2. The van der Waals surface area contributed by atoms with Gasteiger partial charge in [-0.25, -0.2) is 4.79 Å². The molecule has 4 nitrogen and oxygen atoms in total. The van der Waals surface area contributed by atoms with Crippen LogP contribution in [0.2, 0.25) is 0 Å². The number of carbonyl (C=O) groups excluding carboxylic acids is 1. The molecular weight excluding hydrogens is 320 g/mol. The quantitative estimate of drug-likeness (QED) is 0.504. The van der Waals surface area contributed by atoms with Crippen molar-refractivity contribution in [2.75, 3.05) is 6.61 Å². The van der Waals surface area contributed by atoms with Crippen LogP contribution in [0.1, 0.15) is 31.7 Å². The van der Waals surface area contributed by atoms with Crippen molar-refractivity contribution in [2.24, 2.45) is 5.41 Å². The number of thiocarbonyl (C=S) groups is 1. The molecule has 0 saturated heterocycles. The molecule has 24 heavy (non-hydrogen) atoms. The van der Waals surface area contributed by atoms with E-state index in [0.29, 0.717) is 22.7 Å². The average molecular weight is 340 g/mol. The molecule has 0 aliphatic carbocycles. The molecule has 1 N–H and O–H groups in total. The molecule has 1 aromatic rings. The standard InChI is InChI=1S/C19H20N2O2S/c1-4-11-19(12-20)16(14-9-7-6-8-10-14)15(17(22)23-5-2)13(3)21-18(19)24/h4,6-10,16H,1,5,11H2,2-3H3,(H,21,24)/t16-,19+/m0/s1. The van der Waals surface area contributed by atoms with Crippen LogP contribution in [0.4, 0.5) is 0 Å². The first-order valence-corrected chi connectivity index (χ1v) is 8.19. The second-order valence-corrected chi connectivity index (χ2v) is 6.04. The van der Waals surface area contributed by atoms with Crippen molar-refractivity contribution in [3.63, 3.8) is 0 Å².